The molecule has 1 saturated heterocycles. The smallest absolute Gasteiger partial charge is 0.222 e. The molecule has 1 heterocycles. The quantitative estimate of drug-likeness (QED) is 0.544. The van der Waals surface area contributed by atoms with Gasteiger partial charge in [0.2, 0.25) is 5.91 Å². The second kappa shape index (κ2) is 6.10. The molecule has 96 valence electrons. The van der Waals surface area contributed by atoms with Crippen molar-refractivity contribution in [2.45, 2.75) is 52.9 Å². The molecule has 0 aromatic heterocycles. The molecule has 0 radical (unpaired) electrons. The van der Waals surface area contributed by atoms with E-state index in [2.05, 4.69) is 26.7 Å². The van der Waals surface area contributed by atoms with Crippen molar-refractivity contribution in [1.82, 2.24) is 4.90 Å². The summed E-state index contributed by atoms with van der Waals surface area (Å²) in [7, 11) is 0. The highest BCUT2D eigenvalue weighted by Gasteiger charge is 2.29. The molecule has 0 bridgehead atoms. The van der Waals surface area contributed by atoms with E-state index in [0.717, 1.165) is 38.3 Å². The number of piperidine rings is 1. The highest BCUT2D eigenvalue weighted by atomic mass is 16.2. The van der Waals surface area contributed by atoms with Crippen LogP contribution >= 0.6 is 0 Å². The fourth-order valence-electron chi connectivity index (χ4n) is 2.49. The number of carbonyl (C=O) groups excluding carboxylic acids is 1. The maximum Gasteiger partial charge on any atom is 0.222 e. The van der Waals surface area contributed by atoms with Gasteiger partial charge in [-0.1, -0.05) is 20.8 Å². The summed E-state index contributed by atoms with van der Waals surface area (Å²) < 4.78 is 0. The van der Waals surface area contributed by atoms with Crippen LogP contribution in [0.5, 0.6) is 0 Å². The summed E-state index contributed by atoms with van der Waals surface area (Å²) in [4.78, 5) is 13.9. The minimum absolute atomic E-state index is 0.285. The minimum atomic E-state index is 0.285. The maximum absolute atomic E-state index is 11.9. The zero-order valence-electron chi connectivity index (χ0n) is 11.5. The van der Waals surface area contributed by atoms with Crippen LogP contribution in [0, 0.1) is 23.7 Å². The van der Waals surface area contributed by atoms with Crippen LogP contribution in [0.15, 0.2) is 0 Å². The first-order valence-corrected chi connectivity index (χ1v) is 6.66. The molecule has 0 aromatic carbocycles. The van der Waals surface area contributed by atoms with Crippen LogP contribution in [0.25, 0.3) is 0 Å². The Kier molecular flexibility index (Phi) is 5.05. The fraction of sp³-hybridized carbons (Fsp3) is 0.800. The SMILES string of the molecule is C#CCCCC(=O)N1CCC(C(C)(C)C)CC1. The van der Waals surface area contributed by atoms with Gasteiger partial charge in [0.15, 0.2) is 0 Å². The van der Waals surface area contributed by atoms with E-state index in [0.29, 0.717) is 18.3 Å². The van der Waals surface area contributed by atoms with Gasteiger partial charge in [0.25, 0.3) is 0 Å². The molecule has 2 nitrogen and oxygen atoms in total. The number of nitrogens with zero attached hydrogens (tertiary/aromatic N) is 1. The van der Waals surface area contributed by atoms with Crippen molar-refractivity contribution in [2.24, 2.45) is 11.3 Å². The number of hydrogen-bond donors (Lipinski definition) is 0. The van der Waals surface area contributed by atoms with Crippen LogP contribution in [0.1, 0.15) is 52.9 Å². The first-order chi connectivity index (χ1) is 7.95. The topological polar surface area (TPSA) is 20.3 Å². The first kappa shape index (κ1) is 14.1. The molecule has 0 aliphatic carbocycles. The predicted molar refractivity (Wildman–Crippen MR) is 71.4 cm³/mol. The van der Waals surface area contributed by atoms with Crippen molar-refractivity contribution >= 4 is 5.91 Å². The van der Waals surface area contributed by atoms with E-state index < -0.39 is 0 Å². The van der Waals surface area contributed by atoms with Crippen molar-refractivity contribution in [2.75, 3.05) is 13.1 Å². The molecule has 0 unspecified atom stereocenters. The molecule has 1 fully saturated rings. The summed E-state index contributed by atoms with van der Waals surface area (Å²) in [6.45, 7) is 8.74. The van der Waals surface area contributed by atoms with Crippen molar-refractivity contribution < 1.29 is 4.79 Å². The molecular formula is C15H25NO. The summed E-state index contributed by atoms with van der Waals surface area (Å²) in [5.41, 5.74) is 0.374. The number of carbonyl (C=O) groups is 1. The maximum atomic E-state index is 11.9. The third-order valence-corrected chi connectivity index (χ3v) is 3.78. The molecule has 17 heavy (non-hydrogen) atoms. The van der Waals surface area contributed by atoms with Gasteiger partial charge in [-0.05, 0) is 30.6 Å². The highest BCUT2D eigenvalue weighted by molar-refractivity contribution is 5.76. The van der Waals surface area contributed by atoms with Gasteiger partial charge in [0.05, 0.1) is 0 Å². The molecule has 1 aliphatic rings. The number of unbranched alkanes of at least 4 members (excludes halogenated alkanes) is 1. The number of likely N-dealkylation sites (tertiary alicyclic amines) is 1. The lowest BCUT2D eigenvalue weighted by atomic mass is 9.75. The van der Waals surface area contributed by atoms with Crippen molar-refractivity contribution in [3.63, 3.8) is 0 Å². The predicted octanol–water partition coefficient (Wildman–Crippen LogP) is 3.07. The molecule has 2 heteroatoms. The Morgan fingerprint density at radius 3 is 2.41 bits per heavy atom. The lowest BCUT2D eigenvalue weighted by Gasteiger charge is -2.38. The van der Waals surface area contributed by atoms with Crippen LogP contribution in [-0.2, 0) is 4.79 Å². The molecule has 1 rings (SSSR count). The van der Waals surface area contributed by atoms with Gasteiger partial charge >= 0.3 is 0 Å². The number of rotatable bonds is 3. The second-order valence-electron chi connectivity index (χ2n) is 6.08. The Balaban J connectivity index is 2.32. The normalized spacial score (nSPS) is 17.9. The van der Waals surface area contributed by atoms with Crippen LogP contribution in [0.4, 0.5) is 0 Å². The first-order valence-electron chi connectivity index (χ1n) is 6.66. The summed E-state index contributed by atoms with van der Waals surface area (Å²) >= 11 is 0. The van der Waals surface area contributed by atoms with E-state index in [4.69, 9.17) is 6.42 Å². The molecule has 0 saturated carbocycles. The highest BCUT2D eigenvalue weighted by Crippen LogP contribution is 2.34. The number of hydrogen-bond acceptors (Lipinski definition) is 1. The van der Waals surface area contributed by atoms with Gasteiger partial charge in [-0.3, -0.25) is 4.79 Å². The van der Waals surface area contributed by atoms with Gasteiger partial charge < -0.3 is 4.90 Å². The van der Waals surface area contributed by atoms with Gasteiger partial charge in [-0.25, -0.2) is 0 Å². The molecule has 1 aliphatic heterocycles. The van der Waals surface area contributed by atoms with Crippen molar-refractivity contribution in [3.8, 4) is 12.3 Å². The van der Waals surface area contributed by atoms with E-state index in [1.165, 1.54) is 0 Å². The van der Waals surface area contributed by atoms with E-state index in [9.17, 15) is 4.79 Å². The Morgan fingerprint density at radius 2 is 1.94 bits per heavy atom. The summed E-state index contributed by atoms with van der Waals surface area (Å²) in [5, 5.41) is 0. The molecule has 0 spiro atoms. The standard InChI is InChI=1S/C15H25NO/c1-5-6-7-8-14(17)16-11-9-13(10-12-16)15(2,3)4/h1,13H,6-12H2,2-4H3. The van der Waals surface area contributed by atoms with E-state index >= 15 is 0 Å². The summed E-state index contributed by atoms with van der Waals surface area (Å²) in [5.74, 6) is 3.61. The Hall–Kier alpha value is -0.970. The molecule has 0 N–H and O–H groups in total. The fourth-order valence-corrected chi connectivity index (χ4v) is 2.49. The van der Waals surface area contributed by atoms with Gasteiger partial charge in [-0.2, -0.15) is 0 Å². The van der Waals surface area contributed by atoms with Gasteiger partial charge in [0, 0.05) is 25.9 Å². The van der Waals surface area contributed by atoms with Crippen molar-refractivity contribution in [3.05, 3.63) is 0 Å². The third-order valence-electron chi connectivity index (χ3n) is 3.78. The average molecular weight is 235 g/mol. The monoisotopic (exact) mass is 235 g/mol. The lowest BCUT2D eigenvalue weighted by Crippen LogP contribution is -2.41. The van der Waals surface area contributed by atoms with Crippen LogP contribution in [0.2, 0.25) is 0 Å². The van der Waals surface area contributed by atoms with Crippen LogP contribution in [-0.4, -0.2) is 23.9 Å². The van der Waals surface area contributed by atoms with Crippen LogP contribution in [0.3, 0.4) is 0 Å². The molecule has 0 atom stereocenters. The Bertz CT molecular complexity index is 287. The van der Waals surface area contributed by atoms with Gasteiger partial charge in [0.1, 0.15) is 0 Å². The molecule has 1 amide bonds. The second-order valence-corrected chi connectivity index (χ2v) is 6.08. The number of amides is 1. The third kappa shape index (κ3) is 4.42. The zero-order chi connectivity index (χ0) is 12.9. The number of terminal acetylenes is 1. The van der Waals surface area contributed by atoms with Gasteiger partial charge in [-0.15, -0.1) is 12.3 Å². The lowest BCUT2D eigenvalue weighted by molar-refractivity contribution is -0.133. The molecule has 0 aromatic rings. The largest absolute Gasteiger partial charge is 0.343 e. The van der Waals surface area contributed by atoms with E-state index in [1.54, 1.807) is 0 Å². The van der Waals surface area contributed by atoms with E-state index in [-0.39, 0.29) is 5.91 Å². The Morgan fingerprint density at radius 1 is 1.35 bits per heavy atom. The molecular weight excluding hydrogens is 210 g/mol. The minimum Gasteiger partial charge on any atom is -0.343 e. The van der Waals surface area contributed by atoms with E-state index in [1.807, 2.05) is 4.90 Å². The summed E-state index contributed by atoms with van der Waals surface area (Å²) in [6.07, 6.45) is 9.63. The average Bonchev–Trinajstić information content (AvgIpc) is 2.28. The summed E-state index contributed by atoms with van der Waals surface area (Å²) in [6, 6.07) is 0. The Labute approximate surface area is 106 Å². The van der Waals surface area contributed by atoms with Crippen molar-refractivity contribution in [1.29, 1.82) is 0 Å². The van der Waals surface area contributed by atoms with Crippen LogP contribution < -0.4 is 0 Å². The zero-order valence-corrected chi connectivity index (χ0v) is 11.5.